The molecule has 1 aromatic heterocycles. The number of fused-ring (bicyclic) bond motifs is 1. The van der Waals surface area contributed by atoms with E-state index in [9.17, 15) is 9.18 Å². The molecule has 2 N–H and O–H groups in total. The quantitative estimate of drug-likeness (QED) is 0.859. The molecule has 2 aromatic rings. The van der Waals surface area contributed by atoms with Crippen LogP contribution >= 0.6 is 24.8 Å². The molecule has 7 heteroatoms. The van der Waals surface area contributed by atoms with E-state index in [-0.39, 0.29) is 42.6 Å². The first-order valence-corrected chi connectivity index (χ1v) is 7.09. The van der Waals surface area contributed by atoms with Gasteiger partial charge in [0.1, 0.15) is 5.82 Å². The van der Waals surface area contributed by atoms with Crippen molar-refractivity contribution in [3.63, 3.8) is 0 Å². The lowest BCUT2D eigenvalue weighted by Gasteiger charge is -2.14. The molecular formula is C16H22Cl2FN3O. The van der Waals surface area contributed by atoms with Gasteiger partial charge in [-0.05, 0) is 38.6 Å². The summed E-state index contributed by atoms with van der Waals surface area (Å²) in [5.41, 5.74) is 1.68. The molecule has 23 heavy (non-hydrogen) atoms. The van der Waals surface area contributed by atoms with E-state index in [1.165, 1.54) is 12.1 Å². The summed E-state index contributed by atoms with van der Waals surface area (Å²) in [5.74, 6) is -0.484. The van der Waals surface area contributed by atoms with Crippen LogP contribution in [0.2, 0.25) is 0 Å². The molecule has 0 fully saturated rings. The van der Waals surface area contributed by atoms with Crippen molar-refractivity contribution >= 4 is 41.6 Å². The van der Waals surface area contributed by atoms with E-state index in [2.05, 4.69) is 15.6 Å². The number of rotatable bonds is 5. The molecule has 1 atom stereocenters. The van der Waals surface area contributed by atoms with Crippen LogP contribution in [0.15, 0.2) is 24.3 Å². The van der Waals surface area contributed by atoms with Crippen LogP contribution in [-0.4, -0.2) is 30.0 Å². The van der Waals surface area contributed by atoms with Crippen molar-refractivity contribution < 1.29 is 9.18 Å². The lowest BCUT2D eigenvalue weighted by Crippen LogP contribution is -2.39. The predicted octanol–water partition coefficient (Wildman–Crippen LogP) is 3.25. The average molecular weight is 362 g/mol. The maximum atomic E-state index is 13.2. The van der Waals surface area contributed by atoms with E-state index >= 15 is 0 Å². The first-order chi connectivity index (χ1) is 10.0. The highest BCUT2D eigenvalue weighted by Crippen LogP contribution is 2.17. The summed E-state index contributed by atoms with van der Waals surface area (Å²) in [6.45, 7) is 7.20. The molecule has 0 saturated heterocycles. The highest BCUT2D eigenvalue weighted by atomic mass is 35.5. The number of benzene rings is 1. The van der Waals surface area contributed by atoms with E-state index in [1.807, 2.05) is 13.8 Å². The third-order valence-corrected chi connectivity index (χ3v) is 3.34. The fourth-order valence-electron chi connectivity index (χ4n) is 2.23. The topological polar surface area (TPSA) is 54.0 Å². The minimum atomic E-state index is -0.328. The number of carbonyl (C=O) groups excluding carboxylic acids is 1. The first-order valence-electron chi connectivity index (χ1n) is 7.09. The molecule has 1 aromatic carbocycles. The molecule has 0 aliphatic rings. The zero-order valence-electron chi connectivity index (χ0n) is 13.4. The number of hydrogen-bond donors (Lipinski definition) is 2. The molecule has 0 radical (unpaired) electrons. The van der Waals surface area contributed by atoms with E-state index in [4.69, 9.17) is 0 Å². The molecular weight excluding hydrogens is 340 g/mol. The second-order valence-electron chi connectivity index (χ2n) is 5.13. The Labute approximate surface area is 148 Å². The summed E-state index contributed by atoms with van der Waals surface area (Å²) in [5, 5.41) is 6.87. The third kappa shape index (κ3) is 5.61. The van der Waals surface area contributed by atoms with Gasteiger partial charge in [0, 0.05) is 24.0 Å². The summed E-state index contributed by atoms with van der Waals surface area (Å²) in [4.78, 5) is 16.5. The van der Waals surface area contributed by atoms with Gasteiger partial charge in [0.25, 0.3) is 5.91 Å². The molecule has 0 aliphatic heterocycles. The Hall–Kier alpha value is -1.43. The number of amides is 1. The Morgan fingerprint density at radius 3 is 2.65 bits per heavy atom. The van der Waals surface area contributed by atoms with Crippen molar-refractivity contribution in [3.8, 4) is 0 Å². The van der Waals surface area contributed by atoms with Crippen molar-refractivity contribution in [3.05, 3.63) is 41.3 Å². The Balaban J connectivity index is 0.00000242. The van der Waals surface area contributed by atoms with Gasteiger partial charge in [-0.25, -0.2) is 4.39 Å². The Kier molecular flexibility index (Phi) is 9.05. The molecule has 0 saturated carbocycles. The van der Waals surface area contributed by atoms with Gasteiger partial charge in [0.15, 0.2) is 0 Å². The molecule has 1 amide bonds. The van der Waals surface area contributed by atoms with Crippen LogP contribution in [0.3, 0.4) is 0 Å². The van der Waals surface area contributed by atoms with Crippen LogP contribution in [0.4, 0.5) is 4.39 Å². The number of pyridine rings is 1. The van der Waals surface area contributed by atoms with Gasteiger partial charge in [0.2, 0.25) is 0 Å². The molecule has 2 rings (SSSR count). The molecule has 0 aliphatic carbocycles. The normalized spacial score (nSPS) is 11.3. The molecule has 0 bridgehead atoms. The number of halogens is 3. The summed E-state index contributed by atoms with van der Waals surface area (Å²) in [6.07, 6.45) is 0. The molecule has 1 heterocycles. The highest BCUT2D eigenvalue weighted by Gasteiger charge is 2.12. The second kappa shape index (κ2) is 9.65. The van der Waals surface area contributed by atoms with Crippen molar-refractivity contribution in [2.24, 2.45) is 0 Å². The standard InChI is InChI=1S/C16H20FN3O.2ClH/c1-4-18-10(2)9-19-16(21)14-7-12-5-6-13(17)8-15(12)20-11(14)3;;/h5-8,10,18H,4,9H2,1-3H3,(H,19,21);2*1H/t10-;;/m1../s1. The number of aromatic nitrogens is 1. The SMILES string of the molecule is CCN[C@H](C)CNC(=O)c1cc2ccc(F)cc2nc1C.Cl.Cl. The van der Waals surface area contributed by atoms with Gasteiger partial charge < -0.3 is 10.6 Å². The van der Waals surface area contributed by atoms with Crippen LogP contribution in [0, 0.1) is 12.7 Å². The van der Waals surface area contributed by atoms with Gasteiger partial charge in [-0.3, -0.25) is 9.78 Å². The van der Waals surface area contributed by atoms with Crippen molar-refractivity contribution in [1.82, 2.24) is 15.6 Å². The van der Waals surface area contributed by atoms with Gasteiger partial charge in [-0.2, -0.15) is 0 Å². The number of hydrogen-bond acceptors (Lipinski definition) is 3. The van der Waals surface area contributed by atoms with Crippen molar-refractivity contribution in [2.75, 3.05) is 13.1 Å². The molecule has 0 unspecified atom stereocenters. The number of likely N-dealkylation sites (N-methyl/N-ethyl adjacent to an activating group) is 1. The predicted molar refractivity (Wildman–Crippen MR) is 96.4 cm³/mol. The zero-order chi connectivity index (χ0) is 15.4. The minimum Gasteiger partial charge on any atom is -0.350 e. The zero-order valence-corrected chi connectivity index (χ0v) is 15.0. The van der Waals surface area contributed by atoms with E-state index in [0.29, 0.717) is 23.3 Å². The number of nitrogens with one attached hydrogen (secondary N) is 2. The Morgan fingerprint density at radius 1 is 1.30 bits per heavy atom. The third-order valence-electron chi connectivity index (χ3n) is 3.34. The lowest BCUT2D eigenvalue weighted by atomic mass is 10.1. The largest absolute Gasteiger partial charge is 0.350 e. The minimum absolute atomic E-state index is 0. The second-order valence-corrected chi connectivity index (χ2v) is 5.13. The fraction of sp³-hybridized carbons (Fsp3) is 0.375. The number of nitrogens with zero attached hydrogens (tertiary/aromatic N) is 1. The van der Waals surface area contributed by atoms with Gasteiger partial charge >= 0.3 is 0 Å². The first kappa shape index (κ1) is 21.6. The number of aryl methyl sites for hydroxylation is 1. The van der Waals surface area contributed by atoms with Crippen LogP contribution in [0.1, 0.15) is 29.9 Å². The Bertz CT molecular complexity index is 667. The highest BCUT2D eigenvalue weighted by molar-refractivity contribution is 5.98. The van der Waals surface area contributed by atoms with E-state index in [1.54, 1.807) is 19.1 Å². The fourth-order valence-corrected chi connectivity index (χ4v) is 2.23. The maximum absolute atomic E-state index is 13.2. The lowest BCUT2D eigenvalue weighted by molar-refractivity contribution is 0.0949. The molecule has 0 spiro atoms. The van der Waals surface area contributed by atoms with E-state index < -0.39 is 0 Å². The average Bonchev–Trinajstić information content (AvgIpc) is 2.44. The van der Waals surface area contributed by atoms with Crippen molar-refractivity contribution in [1.29, 1.82) is 0 Å². The summed E-state index contributed by atoms with van der Waals surface area (Å²) in [6, 6.07) is 6.34. The van der Waals surface area contributed by atoms with E-state index in [0.717, 1.165) is 11.9 Å². The summed E-state index contributed by atoms with van der Waals surface area (Å²) < 4.78 is 13.2. The smallest absolute Gasteiger partial charge is 0.253 e. The van der Waals surface area contributed by atoms with Crippen LogP contribution in [0.5, 0.6) is 0 Å². The maximum Gasteiger partial charge on any atom is 0.253 e. The van der Waals surface area contributed by atoms with Crippen LogP contribution in [0.25, 0.3) is 10.9 Å². The molecule has 4 nitrogen and oxygen atoms in total. The monoisotopic (exact) mass is 361 g/mol. The van der Waals surface area contributed by atoms with Crippen molar-refractivity contribution in [2.45, 2.75) is 26.8 Å². The van der Waals surface area contributed by atoms with Crippen LogP contribution in [-0.2, 0) is 0 Å². The summed E-state index contributed by atoms with van der Waals surface area (Å²) in [7, 11) is 0. The van der Waals surface area contributed by atoms with Crippen LogP contribution < -0.4 is 10.6 Å². The van der Waals surface area contributed by atoms with Gasteiger partial charge in [-0.1, -0.05) is 6.92 Å². The number of carbonyl (C=O) groups is 1. The molecule has 128 valence electrons. The van der Waals surface area contributed by atoms with Gasteiger partial charge in [-0.15, -0.1) is 24.8 Å². The summed E-state index contributed by atoms with van der Waals surface area (Å²) >= 11 is 0. The van der Waals surface area contributed by atoms with Gasteiger partial charge in [0.05, 0.1) is 16.8 Å². The Morgan fingerprint density at radius 2 is 2.00 bits per heavy atom.